The minimum atomic E-state index is 0.0613. The van der Waals surface area contributed by atoms with E-state index >= 15 is 0 Å². The van der Waals surface area contributed by atoms with Gasteiger partial charge in [-0.1, -0.05) is 51.1 Å². The number of thiazole rings is 1. The van der Waals surface area contributed by atoms with Gasteiger partial charge in [0.1, 0.15) is 10.8 Å². The van der Waals surface area contributed by atoms with Gasteiger partial charge >= 0.3 is 0 Å². The molecule has 1 aromatic carbocycles. The van der Waals surface area contributed by atoms with Gasteiger partial charge in [0.05, 0.1) is 4.88 Å². The number of nitrogens with two attached hydrogens (primary N) is 1. The summed E-state index contributed by atoms with van der Waals surface area (Å²) in [5.74, 6) is 0.640. The molecule has 84 valence electrons. The maximum absolute atomic E-state index is 5.97. The minimum absolute atomic E-state index is 0.0613. The van der Waals surface area contributed by atoms with Crippen LogP contribution in [0, 0.1) is 0 Å². The lowest BCUT2D eigenvalue weighted by Gasteiger charge is -2.13. The Hall–Kier alpha value is -1.35. The predicted molar refractivity (Wildman–Crippen MR) is 70.7 cm³/mol. The van der Waals surface area contributed by atoms with Crippen molar-refractivity contribution in [3.05, 3.63) is 35.3 Å². The number of hydrogen-bond acceptors (Lipinski definition) is 3. The highest BCUT2D eigenvalue weighted by Crippen LogP contribution is 2.36. The van der Waals surface area contributed by atoms with E-state index in [0.717, 1.165) is 15.4 Å². The third kappa shape index (κ3) is 2.09. The number of nitrogens with zero attached hydrogens (tertiary/aromatic N) is 1. The standard InChI is InChI=1S/C13H16N2S/c1-13(2,3)12-15-11(14)10(16-12)9-7-5-4-6-8-9/h4-8H,14H2,1-3H3. The lowest BCUT2D eigenvalue weighted by Crippen LogP contribution is -2.10. The van der Waals surface area contributed by atoms with Crippen LogP contribution in [-0.4, -0.2) is 4.98 Å². The molecule has 0 saturated carbocycles. The van der Waals surface area contributed by atoms with E-state index in [4.69, 9.17) is 5.73 Å². The van der Waals surface area contributed by atoms with Gasteiger partial charge in [-0.15, -0.1) is 11.3 Å². The molecule has 0 radical (unpaired) electrons. The summed E-state index contributed by atoms with van der Waals surface area (Å²) in [6, 6.07) is 10.2. The van der Waals surface area contributed by atoms with E-state index in [1.54, 1.807) is 11.3 Å². The molecule has 0 aliphatic carbocycles. The van der Waals surface area contributed by atoms with E-state index < -0.39 is 0 Å². The second-order valence-corrected chi connectivity index (χ2v) is 5.85. The lowest BCUT2D eigenvalue weighted by molar-refractivity contribution is 0.586. The normalized spacial score (nSPS) is 11.7. The third-order valence-electron chi connectivity index (χ3n) is 2.33. The van der Waals surface area contributed by atoms with Gasteiger partial charge in [0, 0.05) is 5.41 Å². The summed E-state index contributed by atoms with van der Waals surface area (Å²) in [6.45, 7) is 6.46. The minimum Gasteiger partial charge on any atom is -0.382 e. The van der Waals surface area contributed by atoms with Crippen molar-refractivity contribution in [2.75, 3.05) is 5.73 Å². The number of rotatable bonds is 1. The molecule has 0 atom stereocenters. The number of aromatic nitrogens is 1. The fourth-order valence-electron chi connectivity index (χ4n) is 1.45. The Morgan fingerprint density at radius 1 is 1.12 bits per heavy atom. The van der Waals surface area contributed by atoms with Crippen LogP contribution in [0.4, 0.5) is 5.82 Å². The monoisotopic (exact) mass is 232 g/mol. The highest BCUT2D eigenvalue weighted by Gasteiger charge is 2.20. The summed E-state index contributed by atoms with van der Waals surface area (Å²) in [7, 11) is 0. The quantitative estimate of drug-likeness (QED) is 0.814. The van der Waals surface area contributed by atoms with Crippen molar-refractivity contribution in [2.45, 2.75) is 26.2 Å². The van der Waals surface area contributed by atoms with Gasteiger partial charge in [0.25, 0.3) is 0 Å². The highest BCUT2D eigenvalue weighted by molar-refractivity contribution is 7.15. The molecule has 0 amide bonds. The van der Waals surface area contributed by atoms with E-state index in [-0.39, 0.29) is 5.41 Å². The van der Waals surface area contributed by atoms with Crippen molar-refractivity contribution in [1.29, 1.82) is 0 Å². The van der Waals surface area contributed by atoms with E-state index in [0.29, 0.717) is 5.82 Å². The molecule has 0 spiro atoms. The summed E-state index contributed by atoms with van der Waals surface area (Å²) in [6.07, 6.45) is 0. The summed E-state index contributed by atoms with van der Waals surface area (Å²) in [4.78, 5) is 5.53. The van der Waals surface area contributed by atoms with Gasteiger partial charge in [-0.2, -0.15) is 0 Å². The summed E-state index contributed by atoms with van der Waals surface area (Å²) in [5.41, 5.74) is 7.18. The zero-order valence-electron chi connectivity index (χ0n) is 9.82. The molecule has 0 bridgehead atoms. The molecule has 1 aromatic heterocycles. The summed E-state index contributed by atoms with van der Waals surface area (Å²) < 4.78 is 0. The lowest BCUT2D eigenvalue weighted by atomic mass is 9.98. The molecule has 0 unspecified atom stereocenters. The van der Waals surface area contributed by atoms with Gasteiger partial charge in [0.15, 0.2) is 0 Å². The summed E-state index contributed by atoms with van der Waals surface area (Å²) in [5, 5.41) is 1.09. The van der Waals surface area contributed by atoms with Gasteiger partial charge < -0.3 is 5.73 Å². The smallest absolute Gasteiger partial charge is 0.142 e. The van der Waals surface area contributed by atoms with Crippen LogP contribution in [0.5, 0.6) is 0 Å². The fraction of sp³-hybridized carbons (Fsp3) is 0.308. The Kier molecular flexibility index (Phi) is 2.72. The maximum atomic E-state index is 5.97. The Balaban J connectivity index is 2.48. The molecule has 2 rings (SSSR count). The van der Waals surface area contributed by atoms with Crippen LogP contribution in [0.3, 0.4) is 0 Å². The van der Waals surface area contributed by atoms with Crippen LogP contribution < -0.4 is 5.73 Å². The number of anilines is 1. The zero-order chi connectivity index (χ0) is 11.8. The highest BCUT2D eigenvalue weighted by atomic mass is 32.1. The number of benzene rings is 1. The maximum Gasteiger partial charge on any atom is 0.142 e. The van der Waals surface area contributed by atoms with E-state index in [2.05, 4.69) is 37.9 Å². The predicted octanol–water partition coefficient (Wildman–Crippen LogP) is 3.69. The molecule has 0 aliphatic heterocycles. The topological polar surface area (TPSA) is 38.9 Å². The van der Waals surface area contributed by atoms with Crippen LogP contribution in [0.15, 0.2) is 30.3 Å². The first-order valence-corrected chi connectivity index (χ1v) is 6.12. The van der Waals surface area contributed by atoms with Crippen LogP contribution >= 0.6 is 11.3 Å². The van der Waals surface area contributed by atoms with Crippen molar-refractivity contribution in [2.24, 2.45) is 0 Å². The first kappa shape index (κ1) is 11.1. The zero-order valence-corrected chi connectivity index (χ0v) is 10.6. The van der Waals surface area contributed by atoms with Crippen molar-refractivity contribution >= 4 is 17.2 Å². The third-order valence-corrected chi connectivity index (χ3v) is 3.88. The second-order valence-electron chi connectivity index (χ2n) is 4.85. The average molecular weight is 232 g/mol. The van der Waals surface area contributed by atoms with Gasteiger partial charge in [-0.25, -0.2) is 4.98 Å². The molecule has 2 N–H and O–H groups in total. The average Bonchev–Trinajstić information content (AvgIpc) is 2.61. The first-order chi connectivity index (χ1) is 7.48. The Morgan fingerprint density at radius 2 is 1.75 bits per heavy atom. The van der Waals surface area contributed by atoms with E-state index in [9.17, 15) is 0 Å². The van der Waals surface area contributed by atoms with Crippen molar-refractivity contribution in [3.63, 3.8) is 0 Å². The molecule has 16 heavy (non-hydrogen) atoms. The van der Waals surface area contributed by atoms with Gasteiger partial charge in [-0.05, 0) is 5.56 Å². The Labute approximate surface area is 100 Å². The molecule has 0 aliphatic rings. The first-order valence-electron chi connectivity index (χ1n) is 5.30. The fourth-order valence-corrected chi connectivity index (χ4v) is 2.50. The van der Waals surface area contributed by atoms with Crippen LogP contribution in [0.2, 0.25) is 0 Å². The Bertz CT molecular complexity index is 480. The second kappa shape index (κ2) is 3.91. The van der Waals surface area contributed by atoms with Gasteiger partial charge in [0.2, 0.25) is 0 Å². The van der Waals surface area contributed by atoms with E-state index in [1.165, 1.54) is 0 Å². The molecule has 0 saturated heterocycles. The molecule has 0 fully saturated rings. The number of nitrogen functional groups attached to an aromatic ring is 1. The molecule has 2 aromatic rings. The molecule has 3 heteroatoms. The van der Waals surface area contributed by atoms with Crippen molar-refractivity contribution in [1.82, 2.24) is 4.98 Å². The summed E-state index contributed by atoms with van der Waals surface area (Å²) >= 11 is 1.68. The Morgan fingerprint density at radius 3 is 2.25 bits per heavy atom. The van der Waals surface area contributed by atoms with Crippen molar-refractivity contribution in [3.8, 4) is 10.4 Å². The molecule has 1 heterocycles. The van der Waals surface area contributed by atoms with Crippen LogP contribution in [0.25, 0.3) is 10.4 Å². The molecular weight excluding hydrogens is 216 g/mol. The largest absolute Gasteiger partial charge is 0.382 e. The molecule has 2 nitrogen and oxygen atoms in total. The number of hydrogen-bond donors (Lipinski definition) is 1. The molecular formula is C13H16N2S. The van der Waals surface area contributed by atoms with Crippen LogP contribution in [0.1, 0.15) is 25.8 Å². The van der Waals surface area contributed by atoms with E-state index in [1.807, 2.05) is 18.2 Å². The van der Waals surface area contributed by atoms with Gasteiger partial charge in [-0.3, -0.25) is 0 Å². The SMILES string of the molecule is CC(C)(C)c1nc(N)c(-c2ccccc2)s1. The van der Waals surface area contributed by atoms with Crippen molar-refractivity contribution < 1.29 is 0 Å². The van der Waals surface area contributed by atoms with Crippen LogP contribution in [-0.2, 0) is 5.41 Å².